The highest BCUT2D eigenvalue weighted by Gasteiger charge is 2.44. The zero-order valence-electron chi connectivity index (χ0n) is 21.8. The predicted molar refractivity (Wildman–Crippen MR) is 141 cm³/mol. The molecule has 5 rings (SSSR count). The maximum atomic E-state index is 13.5. The molecule has 1 amide bonds. The van der Waals surface area contributed by atoms with Crippen LogP contribution in [0.1, 0.15) is 37.7 Å². The third kappa shape index (κ3) is 6.97. The number of hydroxylamine groups is 1. The number of alkyl carbamates (subject to hydrolysis) is 1. The molecule has 0 aromatic heterocycles. The number of nitrogens with zero attached hydrogens (tertiary/aromatic N) is 1. The molecular weight excluding hydrogens is 524 g/mol. The topological polar surface area (TPSA) is 124 Å². The van der Waals surface area contributed by atoms with Crippen LogP contribution in [0.5, 0.6) is 0 Å². The Morgan fingerprint density at radius 1 is 1.03 bits per heavy atom. The van der Waals surface area contributed by atoms with Crippen molar-refractivity contribution in [2.75, 3.05) is 19.8 Å². The first kappa shape index (κ1) is 28.0. The van der Waals surface area contributed by atoms with Crippen molar-refractivity contribution >= 4 is 16.1 Å². The Hall–Kier alpha value is -2.54. The second-order valence-electron chi connectivity index (χ2n) is 10.3. The number of aliphatic hydroxyl groups is 1. The van der Waals surface area contributed by atoms with Crippen LogP contribution < -0.4 is 5.32 Å². The maximum absolute atomic E-state index is 13.5. The molecule has 3 aliphatic rings. The SMILES string of the molecule is O=C(N[C@@H](Cc1ccccc1)[C@H](O)CN(OC1CCCC1)S(=O)(=O)c1ccccc1)OC1CO[C@H]2OCC[C@@H]12. The highest BCUT2D eigenvalue weighted by atomic mass is 32.2. The highest BCUT2D eigenvalue weighted by Crippen LogP contribution is 2.33. The van der Waals surface area contributed by atoms with Crippen molar-refractivity contribution < 1.29 is 37.4 Å². The van der Waals surface area contributed by atoms with Gasteiger partial charge in [0.2, 0.25) is 0 Å². The molecule has 3 fully saturated rings. The van der Waals surface area contributed by atoms with E-state index in [1.54, 1.807) is 18.2 Å². The largest absolute Gasteiger partial charge is 0.443 e. The zero-order chi connectivity index (χ0) is 27.2. The quantitative estimate of drug-likeness (QED) is 0.402. The van der Waals surface area contributed by atoms with Crippen molar-refractivity contribution in [3.8, 4) is 0 Å². The van der Waals surface area contributed by atoms with Crippen molar-refractivity contribution in [3.05, 3.63) is 66.2 Å². The fourth-order valence-corrected chi connectivity index (χ4v) is 6.69. The van der Waals surface area contributed by atoms with E-state index in [0.717, 1.165) is 42.1 Å². The molecule has 1 aliphatic carbocycles. The lowest BCUT2D eigenvalue weighted by Crippen LogP contribution is -2.51. The van der Waals surface area contributed by atoms with Gasteiger partial charge in [-0.1, -0.05) is 65.8 Å². The predicted octanol–water partition coefficient (Wildman–Crippen LogP) is 3.01. The second-order valence-corrected chi connectivity index (χ2v) is 12.1. The number of ether oxygens (including phenoxy) is 3. The molecule has 10 nitrogen and oxygen atoms in total. The van der Waals surface area contributed by atoms with Crippen LogP contribution in [0.4, 0.5) is 4.79 Å². The number of aliphatic hydroxyl groups excluding tert-OH is 1. The van der Waals surface area contributed by atoms with E-state index >= 15 is 0 Å². The summed E-state index contributed by atoms with van der Waals surface area (Å²) in [7, 11) is -4.07. The maximum Gasteiger partial charge on any atom is 0.407 e. The number of sulfonamides is 1. The van der Waals surface area contributed by atoms with E-state index in [1.165, 1.54) is 12.1 Å². The minimum absolute atomic E-state index is 0.0282. The molecule has 212 valence electrons. The van der Waals surface area contributed by atoms with Crippen LogP contribution in [-0.2, 0) is 35.5 Å². The Morgan fingerprint density at radius 2 is 1.72 bits per heavy atom. The molecule has 11 heteroatoms. The third-order valence-electron chi connectivity index (χ3n) is 7.52. The molecule has 1 saturated carbocycles. The van der Waals surface area contributed by atoms with Gasteiger partial charge in [-0.15, -0.1) is 0 Å². The van der Waals surface area contributed by atoms with Crippen LogP contribution in [0.15, 0.2) is 65.6 Å². The molecule has 2 aromatic rings. The summed E-state index contributed by atoms with van der Waals surface area (Å²) in [4.78, 5) is 19.0. The normalized spacial score (nSPS) is 24.9. The van der Waals surface area contributed by atoms with Gasteiger partial charge >= 0.3 is 6.09 Å². The molecule has 0 radical (unpaired) electrons. The summed E-state index contributed by atoms with van der Waals surface area (Å²) in [6.45, 7) is 0.433. The number of benzene rings is 2. The van der Waals surface area contributed by atoms with Crippen molar-refractivity contribution in [2.45, 2.75) is 74.1 Å². The van der Waals surface area contributed by atoms with Crippen molar-refractivity contribution in [1.82, 2.24) is 9.79 Å². The molecule has 5 atom stereocenters. The van der Waals surface area contributed by atoms with E-state index in [0.29, 0.717) is 6.61 Å². The van der Waals surface area contributed by atoms with Gasteiger partial charge in [0.25, 0.3) is 10.0 Å². The van der Waals surface area contributed by atoms with Gasteiger partial charge in [-0.2, -0.15) is 0 Å². The lowest BCUT2D eigenvalue weighted by molar-refractivity contribution is -0.145. The van der Waals surface area contributed by atoms with Gasteiger partial charge in [0.05, 0.1) is 48.8 Å². The Kier molecular flexibility index (Phi) is 9.16. The van der Waals surface area contributed by atoms with E-state index in [9.17, 15) is 18.3 Å². The summed E-state index contributed by atoms with van der Waals surface area (Å²) < 4.78 is 44.7. The fraction of sp³-hybridized carbons (Fsp3) is 0.536. The van der Waals surface area contributed by atoms with Crippen LogP contribution >= 0.6 is 0 Å². The van der Waals surface area contributed by atoms with Crippen molar-refractivity contribution in [3.63, 3.8) is 0 Å². The number of nitrogens with one attached hydrogen (secondary N) is 1. The van der Waals surface area contributed by atoms with E-state index < -0.39 is 34.4 Å². The highest BCUT2D eigenvalue weighted by molar-refractivity contribution is 7.89. The Labute approximate surface area is 229 Å². The van der Waals surface area contributed by atoms with Gasteiger partial charge in [0.15, 0.2) is 6.29 Å². The lowest BCUT2D eigenvalue weighted by atomic mass is 10.0. The number of carbonyl (C=O) groups excluding carboxylic acids is 1. The molecule has 2 saturated heterocycles. The van der Waals surface area contributed by atoms with E-state index in [1.807, 2.05) is 30.3 Å². The van der Waals surface area contributed by atoms with Gasteiger partial charge in [0, 0.05) is 0 Å². The molecule has 2 heterocycles. The average molecular weight is 561 g/mol. The van der Waals surface area contributed by atoms with Crippen molar-refractivity contribution in [2.24, 2.45) is 5.92 Å². The average Bonchev–Trinajstić information content (AvgIpc) is 3.70. The number of rotatable bonds is 11. The van der Waals surface area contributed by atoms with Gasteiger partial charge in [-0.3, -0.25) is 4.84 Å². The van der Waals surface area contributed by atoms with E-state index in [4.69, 9.17) is 19.0 Å². The van der Waals surface area contributed by atoms with Gasteiger partial charge < -0.3 is 24.6 Å². The monoisotopic (exact) mass is 560 g/mol. The molecule has 2 aromatic carbocycles. The van der Waals surface area contributed by atoms with E-state index in [-0.39, 0.29) is 42.8 Å². The fourth-order valence-electron chi connectivity index (χ4n) is 5.37. The number of fused-ring (bicyclic) bond motifs is 1. The van der Waals surface area contributed by atoms with Crippen LogP contribution in [0.3, 0.4) is 0 Å². The summed E-state index contributed by atoms with van der Waals surface area (Å²) in [5.41, 5.74) is 0.865. The summed E-state index contributed by atoms with van der Waals surface area (Å²) in [5, 5.41) is 14.2. The number of hydrogen-bond acceptors (Lipinski definition) is 8. The smallest absolute Gasteiger partial charge is 0.407 e. The number of hydrogen-bond donors (Lipinski definition) is 2. The van der Waals surface area contributed by atoms with Crippen LogP contribution in [0.2, 0.25) is 0 Å². The molecule has 0 bridgehead atoms. The summed E-state index contributed by atoms with van der Waals surface area (Å²) in [6.07, 6.45) is 1.32. The summed E-state index contributed by atoms with van der Waals surface area (Å²) >= 11 is 0. The standard InChI is InChI=1S/C28H36N2O8S/c31-25(18-30(38-21-11-7-8-12-21)39(33,34)22-13-5-2-6-14-22)24(17-20-9-3-1-4-10-20)29-28(32)37-26-19-36-27-23(26)15-16-35-27/h1-6,9-10,13-14,21,23-27,31H,7-8,11-12,15-19H2,(H,29,32)/t23-,24-,25+,26?,27+/m0/s1. The Morgan fingerprint density at radius 3 is 2.44 bits per heavy atom. The second kappa shape index (κ2) is 12.8. The van der Waals surface area contributed by atoms with E-state index in [2.05, 4.69) is 5.32 Å². The molecular formula is C28H36N2O8S. The zero-order valence-corrected chi connectivity index (χ0v) is 22.6. The summed E-state index contributed by atoms with van der Waals surface area (Å²) in [6, 6.07) is 16.5. The first-order valence-electron chi connectivity index (χ1n) is 13.6. The molecule has 1 unspecified atom stereocenters. The molecule has 2 aliphatic heterocycles. The van der Waals surface area contributed by atoms with Gasteiger partial charge in [-0.25, -0.2) is 13.2 Å². The van der Waals surface area contributed by atoms with Gasteiger partial charge in [-0.05, 0) is 43.4 Å². The Bertz CT molecular complexity index is 1180. The molecule has 2 N–H and O–H groups in total. The summed E-state index contributed by atoms with van der Waals surface area (Å²) in [5.74, 6) is -0.0282. The minimum Gasteiger partial charge on any atom is -0.443 e. The van der Waals surface area contributed by atoms with Crippen LogP contribution in [0.25, 0.3) is 0 Å². The van der Waals surface area contributed by atoms with Crippen LogP contribution in [-0.4, -0.2) is 74.5 Å². The lowest BCUT2D eigenvalue weighted by Gasteiger charge is -2.30. The molecule has 39 heavy (non-hydrogen) atoms. The van der Waals surface area contributed by atoms with Crippen LogP contribution in [0, 0.1) is 5.92 Å². The van der Waals surface area contributed by atoms with Gasteiger partial charge in [0.1, 0.15) is 6.10 Å². The number of amides is 1. The first-order chi connectivity index (χ1) is 18.9. The first-order valence-corrected chi connectivity index (χ1v) is 15.0. The minimum atomic E-state index is -4.07. The third-order valence-corrected chi connectivity index (χ3v) is 9.16. The van der Waals surface area contributed by atoms with Crippen molar-refractivity contribution in [1.29, 1.82) is 0 Å². The molecule has 0 spiro atoms. The Balaban J connectivity index is 1.32. The number of carbonyl (C=O) groups is 1.